The molecular formula is C17H15ClN4O2. The molecule has 1 fully saturated rings. The Morgan fingerprint density at radius 3 is 2.75 bits per heavy atom. The first-order valence-electron chi connectivity index (χ1n) is 7.82. The van der Waals surface area contributed by atoms with Crippen LogP contribution in [0.1, 0.15) is 18.4 Å². The van der Waals surface area contributed by atoms with Gasteiger partial charge in [0.05, 0.1) is 12.1 Å². The van der Waals surface area contributed by atoms with Gasteiger partial charge in [-0.05, 0) is 42.5 Å². The molecule has 122 valence electrons. The molecule has 1 aromatic heterocycles. The third-order valence-electron chi connectivity index (χ3n) is 4.23. The molecule has 2 aliphatic heterocycles. The van der Waals surface area contributed by atoms with Crippen molar-refractivity contribution in [3.63, 3.8) is 0 Å². The van der Waals surface area contributed by atoms with E-state index in [1.165, 1.54) is 4.57 Å². The molecule has 1 aromatic rings. The van der Waals surface area contributed by atoms with Crippen molar-refractivity contribution in [2.45, 2.75) is 25.9 Å². The summed E-state index contributed by atoms with van der Waals surface area (Å²) in [7, 11) is 0. The zero-order valence-electron chi connectivity index (χ0n) is 12.9. The van der Waals surface area contributed by atoms with Crippen molar-refractivity contribution in [3.8, 4) is 11.4 Å². The molecule has 0 amide bonds. The molecule has 6 nitrogen and oxygen atoms in total. The monoisotopic (exact) mass is 342 g/mol. The van der Waals surface area contributed by atoms with Gasteiger partial charge in [-0.3, -0.25) is 9.36 Å². The number of hydrogen-bond acceptors (Lipinski definition) is 4. The van der Waals surface area contributed by atoms with E-state index in [0.717, 1.165) is 18.4 Å². The molecule has 0 radical (unpaired) electrons. The Morgan fingerprint density at radius 2 is 2.04 bits per heavy atom. The van der Waals surface area contributed by atoms with Gasteiger partial charge in [-0.25, -0.2) is 9.78 Å². The highest BCUT2D eigenvalue weighted by Gasteiger charge is 2.25. The number of fused-ring (bicyclic) bond motifs is 1. The van der Waals surface area contributed by atoms with Crippen molar-refractivity contribution in [3.05, 3.63) is 68.2 Å². The van der Waals surface area contributed by atoms with Crippen molar-refractivity contribution in [2.75, 3.05) is 0 Å². The van der Waals surface area contributed by atoms with Crippen LogP contribution in [-0.4, -0.2) is 19.1 Å². The highest BCUT2D eigenvalue weighted by Crippen LogP contribution is 2.29. The Hall–Kier alpha value is -2.47. The molecule has 3 heterocycles. The lowest BCUT2D eigenvalue weighted by atomic mass is 10.2. The van der Waals surface area contributed by atoms with Crippen molar-refractivity contribution >= 4 is 11.6 Å². The lowest BCUT2D eigenvalue weighted by molar-refractivity contribution is 0.571. The predicted molar refractivity (Wildman–Crippen MR) is 90.5 cm³/mol. The van der Waals surface area contributed by atoms with Crippen LogP contribution < -0.4 is 11.2 Å². The van der Waals surface area contributed by atoms with Gasteiger partial charge in [-0.2, -0.15) is 4.98 Å². The molecule has 0 bridgehead atoms. The van der Waals surface area contributed by atoms with Gasteiger partial charge in [-0.15, -0.1) is 0 Å². The topological polar surface area (TPSA) is 69.8 Å². The van der Waals surface area contributed by atoms with E-state index in [1.54, 1.807) is 35.2 Å². The Bertz CT molecular complexity index is 973. The molecule has 0 unspecified atom stereocenters. The van der Waals surface area contributed by atoms with Crippen LogP contribution >= 0.6 is 11.6 Å². The molecule has 4 rings (SSSR count). The molecular weight excluding hydrogens is 328 g/mol. The van der Waals surface area contributed by atoms with Crippen LogP contribution in [0.5, 0.6) is 0 Å². The van der Waals surface area contributed by atoms with Crippen LogP contribution in [0.15, 0.2) is 46.2 Å². The molecule has 7 heteroatoms. The number of nitrogens with zero attached hydrogens (tertiary/aromatic N) is 4. The SMILES string of the molecule is O=c1nc2n(Cc3ccc(Cl)nc3)cccc-2c(=O)n1CC1CC1. The summed E-state index contributed by atoms with van der Waals surface area (Å²) in [4.78, 5) is 33.1. The number of aromatic nitrogens is 4. The van der Waals surface area contributed by atoms with Crippen LogP contribution in [0.4, 0.5) is 0 Å². The molecule has 0 atom stereocenters. The number of hydrogen-bond donors (Lipinski definition) is 0. The Kier molecular flexibility index (Phi) is 3.69. The van der Waals surface area contributed by atoms with Gasteiger partial charge in [0.2, 0.25) is 0 Å². The quantitative estimate of drug-likeness (QED) is 0.680. The van der Waals surface area contributed by atoms with Crippen LogP contribution in [-0.2, 0) is 13.1 Å². The molecule has 0 N–H and O–H groups in total. The van der Waals surface area contributed by atoms with Gasteiger partial charge in [0.15, 0.2) is 5.82 Å². The molecule has 1 saturated carbocycles. The van der Waals surface area contributed by atoms with Crippen LogP contribution in [0, 0.1) is 5.92 Å². The lowest BCUT2D eigenvalue weighted by Crippen LogP contribution is -2.38. The summed E-state index contributed by atoms with van der Waals surface area (Å²) < 4.78 is 3.04. The number of halogens is 1. The average molecular weight is 343 g/mol. The Balaban J connectivity index is 1.78. The van der Waals surface area contributed by atoms with Gasteiger partial charge >= 0.3 is 5.69 Å². The summed E-state index contributed by atoms with van der Waals surface area (Å²) in [6.07, 6.45) is 5.61. The molecule has 0 saturated heterocycles. The first kappa shape index (κ1) is 15.1. The third kappa shape index (κ3) is 2.85. The number of pyridine rings is 2. The van der Waals surface area contributed by atoms with Gasteiger partial charge < -0.3 is 4.57 Å². The second-order valence-corrected chi connectivity index (χ2v) is 6.50. The second-order valence-electron chi connectivity index (χ2n) is 6.12. The fourth-order valence-electron chi connectivity index (χ4n) is 2.76. The molecule has 0 aromatic carbocycles. The Labute approximate surface area is 142 Å². The minimum absolute atomic E-state index is 0.263. The summed E-state index contributed by atoms with van der Waals surface area (Å²) in [5.74, 6) is 0.833. The summed E-state index contributed by atoms with van der Waals surface area (Å²) in [5, 5.41) is 0.421. The standard InChI is InChI=1S/C17H15ClN4O2/c18-14-6-5-12(8-19-14)9-21-7-1-2-13-15(21)20-17(24)22(16(13)23)10-11-3-4-11/h1-2,5-8,11H,3-4,9-10H2. The highest BCUT2D eigenvalue weighted by molar-refractivity contribution is 6.29. The van der Waals surface area contributed by atoms with Crippen molar-refractivity contribution in [2.24, 2.45) is 5.92 Å². The first-order valence-corrected chi connectivity index (χ1v) is 8.20. The minimum Gasteiger partial charge on any atom is -0.328 e. The van der Waals surface area contributed by atoms with E-state index < -0.39 is 5.69 Å². The van der Waals surface area contributed by atoms with E-state index >= 15 is 0 Å². The molecule has 1 aliphatic carbocycles. The van der Waals surface area contributed by atoms with Crippen LogP contribution in [0.25, 0.3) is 11.4 Å². The van der Waals surface area contributed by atoms with Crippen molar-refractivity contribution in [1.82, 2.24) is 19.1 Å². The third-order valence-corrected chi connectivity index (χ3v) is 4.45. The fraction of sp³-hybridized carbons (Fsp3) is 0.294. The van der Waals surface area contributed by atoms with Crippen LogP contribution in [0.3, 0.4) is 0 Å². The van der Waals surface area contributed by atoms with Gasteiger partial charge in [0.25, 0.3) is 5.56 Å². The maximum Gasteiger partial charge on any atom is 0.352 e. The summed E-state index contributed by atoms with van der Waals surface area (Å²) in [5.41, 5.74) is 0.627. The largest absolute Gasteiger partial charge is 0.352 e. The van der Waals surface area contributed by atoms with Gasteiger partial charge in [-0.1, -0.05) is 17.7 Å². The lowest BCUT2D eigenvalue weighted by Gasteiger charge is -2.15. The van der Waals surface area contributed by atoms with Gasteiger partial charge in [0.1, 0.15) is 5.15 Å². The minimum atomic E-state index is -0.478. The summed E-state index contributed by atoms with van der Waals surface area (Å²) >= 11 is 5.80. The van der Waals surface area contributed by atoms with Crippen molar-refractivity contribution < 1.29 is 0 Å². The summed E-state index contributed by atoms with van der Waals surface area (Å²) in [6, 6.07) is 7.07. The highest BCUT2D eigenvalue weighted by atomic mass is 35.5. The molecule has 24 heavy (non-hydrogen) atoms. The van der Waals surface area contributed by atoms with E-state index in [-0.39, 0.29) is 5.56 Å². The smallest absolute Gasteiger partial charge is 0.328 e. The average Bonchev–Trinajstić information content (AvgIpc) is 3.38. The van der Waals surface area contributed by atoms with E-state index in [0.29, 0.717) is 35.5 Å². The van der Waals surface area contributed by atoms with Crippen LogP contribution in [0.2, 0.25) is 5.15 Å². The maximum atomic E-state index is 12.6. The molecule has 0 spiro atoms. The Morgan fingerprint density at radius 1 is 1.21 bits per heavy atom. The summed E-state index contributed by atoms with van der Waals surface area (Å²) in [6.45, 7) is 0.927. The maximum absolute atomic E-state index is 12.6. The van der Waals surface area contributed by atoms with E-state index in [1.807, 2.05) is 6.07 Å². The van der Waals surface area contributed by atoms with E-state index in [4.69, 9.17) is 11.6 Å². The van der Waals surface area contributed by atoms with Gasteiger partial charge in [0, 0.05) is 18.9 Å². The predicted octanol–water partition coefficient (Wildman–Crippen LogP) is 2.02. The number of rotatable bonds is 4. The van der Waals surface area contributed by atoms with Crippen molar-refractivity contribution in [1.29, 1.82) is 0 Å². The van der Waals surface area contributed by atoms with E-state index in [2.05, 4.69) is 9.97 Å². The zero-order valence-corrected chi connectivity index (χ0v) is 13.6. The first-order chi connectivity index (χ1) is 11.6. The second kappa shape index (κ2) is 5.87. The zero-order chi connectivity index (χ0) is 16.7. The molecule has 3 aliphatic rings. The van der Waals surface area contributed by atoms with E-state index in [9.17, 15) is 9.59 Å². The fourth-order valence-corrected chi connectivity index (χ4v) is 2.87. The normalized spacial score (nSPS) is 14.2.